The first-order valence-corrected chi connectivity index (χ1v) is 9.82. The molecule has 0 aliphatic carbocycles. The molecule has 156 valence electrons. The van der Waals surface area contributed by atoms with Gasteiger partial charge in [0.15, 0.2) is 11.5 Å². The highest BCUT2D eigenvalue weighted by molar-refractivity contribution is 7.71. The smallest absolute Gasteiger partial charge is 0.297 e. The van der Waals surface area contributed by atoms with Crippen molar-refractivity contribution in [3.05, 3.63) is 80.5 Å². The molecule has 2 aromatic carbocycles. The van der Waals surface area contributed by atoms with E-state index in [0.717, 1.165) is 15.8 Å². The predicted octanol–water partition coefficient (Wildman–Crippen LogP) is 4.07. The number of aromatic nitrogens is 3. The van der Waals surface area contributed by atoms with Crippen molar-refractivity contribution in [1.29, 1.82) is 0 Å². The van der Waals surface area contributed by atoms with Gasteiger partial charge in [-0.3, -0.25) is 9.89 Å². The zero-order valence-corrected chi connectivity index (χ0v) is 18.2. The number of ether oxygens (including phenoxy) is 2. The van der Waals surface area contributed by atoms with E-state index >= 15 is 0 Å². The minimum Gasteiger partial charge on any atom is -0.493 e. The summed E-state index contributed by atoms with van der Waals surface area (Å²) in [4.78, 5) is 12.7. The van der Waals surface area contributed by atoms with Gasteiger partial charge in [-0.2, -0.15) is 14.9 Å². The van der Waals surface area contributed by atoms with Gasteiger partial charge in [0.25, 0.3) is 5.56 Å². The topological polar surface area (TPSA) is 81.5 Å². The summed E-state index contributed by atoms with van der Waals surface area (Å²) in [7, 11) is 1.57. The molecule has 0 unspecified atom stereocenters. The third-order valence-electron chi connectivity index (χ3n) is 4.31. The maximum atomic E-state index is 12.7. The zero-order chi connectivity index (χ0) is 21.7. The van der Waals surface area contributed by atoms with Crippen LogP contribution in [0.1, 0.15) is 37.6 Å². The lowest BCUT2D eigenvalue weighted by Gasteiger charge is -2.16. The summed E-state index contributed by atoms with van der Waals surface area (Å²) in [6.07, 6.45) is 1.54. The van der Waals surface area contributed by atoms with E-state index in [9.17, 15) is 4.79 Å². The second kappa shape index (κ2) is 9.04. The molecule has 0 aliphatic rings. The van der Waals surface area contributed by atoms with E-state index in [4.69, 9.17) is 21.7 Å². The van der Waals surface area contributed by atoms with Gasteiger partial charge in [0.2, 0.25) is 4.77 Å². The Morgan fingerprint density at radius 2 is 1.90 bits per heavy atom. The van der Waals surface area contributed by atoms with Crippen molar-refractivity contribution in [2.24, 2.45) is 5.10 Å². The quantitative estimate of drug-likeness (QED) is 0.477. The van der Waals surface area contributed by atoms with Crippen molar-refractivity contribution in [2.45, 2.75) is 32.8 Å². The molecule has 0 amide bonds. The molecule has 1 heterocycles. The van der Waals surface area contributed by atoms with Crippen LogP contribution in [-0.2, 0) is 12.0 Å². The number of nitrogens with zero attached hydrogens (tertiary/aromatic N) is 3. The summed E-state index contributed by atoms with van der Waals surface area (Å²) in [5, 5.41) is 11.0. The minimum absolute atomic E-state index is 0.124. The molecule has 3 rings (SSSR count). The van der Waals surface area contributed by atoms with Crippen molar-refractivity contribution in [1.82, 2.24) is 14.9 Å². The largest absolute Gasteiger partial charge is 0.493 e. The van der Waals surface area contributed by atoms with Crippen LogP contribution < -0.4 is 15.0 Å². The van der Waals surface area contributed by atoms with Crippen molar-refractivity contribution < 1.29 is 9.47 Å². The van der Waals surface area contributed by atoms with Crippen molar-refractivity contribution in [3.8, 4) is 11.5 Å². The molecule has 0 atom stereocenters. The van der Waals surface area contributed by atoms with E-state index < -0.39 is 5.41 Å². The molecule has 0 aliphatic heterocycles. The average molecular weight is 425 g/mol. The summed E-state index contributed by atoms with van der Waals surface area (Å²) in [5.41, 5.74) is 1.36. The van der Waals surface area contributed by atoms with Crippen LogP contribution in [0.4, 0.5) is 0 Å². The number of hydrogen-bond donors (Lipinski definition) is 1. The Hall–Kier alpha value is -3.26. The zero-order valence-electron chi connectivity index (χ0n) is 17.4. The molecule has 8 heteroatoms. The molecule has 1 aromatic heterocycles. The third kappa shape index (κ3) is 5.01. The first-order chi connectivity index (χ1) is 14.3. The van der Waals surface area contributed by atoms with E-state index in [1.54, 1.807) is 25.5 Å². The molecule has 30 heavy (non-hydrogen) atoms. The number of aromatic amines is 1. The van der Waals surface area contributed by atoms with Crippen LogP contribution in [0.25, 0.3) is 0 Å². The number of nitrogens with one attached hydrogen (secondary N) is 1. The van der Waals surface area contributed by atoms with E-state index in [1.165, 1.54) is 0 Å². The lowest BCUT2D eigenvalue weighted by molar-refractivity contribution is 0.284. The Morgan fingerprint density at radius 3 is 2.57 bits per heavy atom. The SMILES string of the molecule is COc1cc(/C=N\n2c(=S)[nH]nc(C(C)(C)C)c2=O)ccc1OCc1ccccc1. The van der Waals surface area contributed by atoms with Crippen LogP contribution >= 0.6 is 12.2 Å². The Kier molecular flexibility index (Phi) is 6.47. The van der Waals surface area contributed by atoms with Crippen LogP contribution in [0.15, 0.2) is 58.4 Å². The normalized spacial score (nSPS) is 11.6. The summed E-state index contributed by atoms with van der Waals surface area (Å²) in [6, 6.07) is 15.3. The standard InChI is InChI=1S/C22H24N4O3S/c1-22(2,3)19-20(27)26(21(30)25-24-19)23-13-16-10-11-17(18(12-16)28-4)29-14-15-8-6-5-7-9-15/h5-13H,14H2,1-4H3,(H,25,30)/b23-13-. The molecule has 0 spiro atoms. The van der Waals surface area contributed by atoms with Crippen LogP contribution in [-0.4, -0.2) is 28.2 Å². The molecule has 0 radical (unpaired) electrons. The second-order valence-electron chi connectivity index (χ2n) is 7.67. The highest BCUT2D eigenvalue weighted by Crippen LogP contribution is 2.28. The molecule has 0 bridgehead atoms. The number of rotatable bonds is 6. The second-order valence-corrected chi connectivity index (χ2v) is 8.06. The molecule has 0 saturated carbocycles. The molecule has 7 nitrogen and oxygen atoms in total. The predicted molar refractivity (Wildman–Crippen MR) is 119 cm³/mol. The highest BCUT2D eigenvalue weighted by atomic mass is 32.1. The Bertz CT molecular complexity index is 1160. The van der Waals surface area contributed by atoms with Gasteiger partial charge in [-0.05, 0) is 41.5 Å². The van der Waals surface area contributed by atoms with Crippen molar-refractivity contribution in [2.75, 3.05) is 7.11 Å². The minimum atomic E-state index is -0.436. The monoisotopic (exact) mass is 424 g/mol. The number of H-pyrrole nitrogens is 1. The van der Waals surface area contributed by atoms with Gasteiger partial charge in [0.1, 0.15) is 12.3 Å². The van der Waals surface area contributed by atoms with Crippen LogP contribution in [0.5, 0.6) is 11.5 Å². The first-order valence-electron chi connectivity index (χ1n) is 9.41. The summed E-state index contributed by atoms with van der Waals surface area (Å²) in [5.74, 6) is 1.18. The summed E-state index contributed by atoms with van der Waals surface area (Å²) >= 11 is 5.17. The van der Waals surface area contributed by atoms with Gasteiger partial charge in [0.05, 0.1) is 13.3 Å². The maximum Gasteiger partial charge on any atom is 0.297 e. The van der Waals surface area contributed by atoms with E-state index in [1.807, 2.05) is 57.2 Å². The molecule has 0 fully saturated rings. The van der Waals surface area contributed by atoms with Crippen molar-refractivity contribution in [3.63, 3.8) is 0 Å². The fourth-order valence-corrected chi connectivity index (χ4v) is 2.90. The van der Waals surface area contributed by atoms with Gasteiger partial charge in [-0.1, -0.05) is 51.1 Å². The third-order valence-corrected chi connectivity index (χ3v) is 4.57. The lowest BCUT2D eigenvalue weighted by atomic mass is 9.93. The van der Waals surface area contributed by atoms with E-state index in [2.05, 4.69) is 15.3 Å². The van der Waals surface area contributed by atoms with E-state index in [0.29, 0.717) is 23.8 Å². The molecule has 0 saturated heterocycles. The number of methoxy groups -OCH3 is 1. The molecule has 1 N–H and O–H groups in total. The number of hydrogen-bond acceptors (Lipinski definition) is 6. The van der Waals surface area contributed by atoms with Gasteiger partial charge in [-0.25, -0.2) is 0 Å². The summed E-state index contributed by atoms with van der Waals surface area (Å²) in [6.45, 7) is 6.14. The molecule has 3 aromatic rings. The van der Waals surface area contributed by atoms with Gasteiger partial charge in [0, 0.05) is 5.41 Å². The molecular formula is C22H24N4O3S. The lowest BCUT2D eigenvalue weighted by Crippen LogP contribution is -2.32. The fourth-order valence-electron chi connectivity index (χ4n) is 2.73. The fraction of sp³-hybridized carbons (Fsp3) is 0.273. The van der Waals surface area contributed by atoms with Gasteiger partial charge < -0.3 is 9.47 Å². The van der Waals surface area contributed by atoms with Crippen LogP contribution in [0.2, 0.25) is 0 Å². The maximum absolute atomic E-state index is 12.7. The highest BCUT2D eigenvalue weighted by Gasteiger charge is 2.21. The van der Waals surface area contributed by atoms with Gasteiger partial charge in [-0.15, -0.1) is 0 Å². The Balaban J connectivity index is 1.85. The molecular weight excluding hydrogens is 400 g/mol. The Labute approximate surface area is 180 Å². The van der Waals surface area contributed by atoms with E-state index in [-0.39, 0.29) is 10.3 Å². The van der Waals surface area contributed by atoms with Crippen LogP contribution in [0.3, 0.4) is 0 Å². The Morgan fingerprint density at radius 1 is 1.17 bits per heavy atom. The average Bonchev–Trinajstić information content (AvgIpc) is 2.72. The van der Waals surface area contributed by atoms with Crippen LogP contribution in [0, 0.1) is 4.77 Å². The first kappa shape index (κ1) is 21.4. The van der Waals surface area contributed by atoms with Gasteiger partial charge >= 0.3 is 0 Å². The number of benzene rings is 2. The van der Waals surface area contributed by atoms with Crippen molar-refractivity contribution >= 4 is 18.4 Å². The summed E-state index contributed by atoms with van der Waals surface area (Å²) < 4.78 is 12.6.